The molecule has 0 aliphatic carbocycles. The molecule has 1 unspecified atom stereocenters. The summed E-state index contributed by atoms with van der Waals surface area (Å²) < 4.78 is 0. The van der Waals surface area contributed by atoms with Gasteiger partial charge in [0.15, 0.2) is 0 Å². The van der Waals surface area contributed by atoms with Crippen LogP contribution in [0.4, 0.5) is 5.82 Å². The molecule has 2 N–H and O–H groups in total. The highest BCUT2D eigenvalue weighted by molar-refractivity contribution is 5.40. The third-order valence-corrected chi connectivity index (χ3v) is 3.57. The van der Waals surface area contributed by atoms with Crippen molar-refractivity contribution in [2.45, 2.75) is 19.4 Å². The number of benzene rings is 1. The first kappa shape index (κ1) is 12.1. The second kappa shape index (κ2) is 5.36. The molecule has 2 aromatic rings. The number of aromatic nitrogens is 2. The van der Waals surface area contributed by atoms with Crippen LogP contribution >= 0.6 is 0 Å². The fourth-order valence-corrected chi connectivity index (χ4v) is 2.55. The van der Waals surface area contributed by atoms with Gasteiger partial charge in [0.1, 0.15) is 5.82 Å². The van der Waals surface area contributed by atoms with E-state index in [2.05, 4.69) is 44.9 Å². The Hall–Kier alpha value is -1.94. The standard InChI is InChI=1S/C15H18N4/c1-11-15(18-9-8-16-11)19-10-14-13-5-3-2-4-12(13)6-7-17-14/h2-5,8-9,14,17H,6-7,10H2,1H3,(H,18,19). The lowest BCUT2D eigenvalue weighted by molar-refractivity contribution is 0.523. The summed E-state index contributed by atoms with van der Waals surface area (Å²) in [5.41, 5.74) is 3.78. The molecule has 0 fully saturated rings. The maximum Gasteiger partial charge on any atom is 0.147 e. The van der Waals surface area contributed by atoms with Gasteiger partial charge in [-0.05, 0) is 31.0 Å². The van der Waals surface area contributed by atoms with Crippen molar-refractivity contribution >= 4 is 5.82 Å². The first-order valence-electron chi connectivity index (χ1n) is 6.67. The number of hydrogen-bond acceptors (Lipinski definition) is 4. The minimum absolute atomic E-state index is 0.339. The smallest absolute Gasteiger partial charge is 0.147 e. The fraction of sp³-hybridized carbons (Fsp3) is 0.333. The monoisotopic (exact) mass is 254 g/mol. The third kappa shape index (κ3) is 2.58. The Morgan fingerprint density at radius 1 is 1.26 bits per heavy atom. The summed E-state index contributed by atoms with van der Waals surface area (Å²) in [6.45, 7) is 3.83. The van der Waals surface area contributed by atoms with Gasteiger partial charge in [0, 0.05) is 25.0 Å². The second-order valence-electron chi connectivity index (χ2n) is 4.83. The van der Waals surface area contributed by atoms with Crippen LogP contribution in [0.1, 0.15) is 22.9 Å². The van der Waals surface area contributed by atoms with Crippen LogP contribution in [0.15, 0.2) is 36.7 Å². The number of hydrogen-bond donors (Lipinski definition) is 2. The van der Waals surface area contributed by atoms with Crippen molar-refractivity contribution in [1.82, 2.24) is 15.3 Å². The van der Waals surface area contributed by atoms with Crippen LogP contribution in [-0.4, -0.2) is 23.1 Å². The van der Waals surface area contributed by atoms with Crippen LogP contribution in [-0.2, 0) is 6.42 Å². The molecule has 4 heteroatoms. The van der Waals surface area contributed by atoms with E-state index in [1.54, 1.807) is 12.4 Å². The molecule has 3 rings (SSSR count). The fourth-order valence-electron chi connectivity index (χ4n) is 2.55. The van der Waals surface area contributed by atoms with Crippen molar-refractivity contribution in [2.24, 2.45) is 0 Å². The number of anilines is 1. The van der Waals surface area contributed by atoms with Crippen molar-refractivity contribution in [3.8, 4) is 0 Å². The summed E-state index contributed by atoms with van der Waals surface area (Å²) in [7, 11) is 0. The van der Waals surface area contributed by atoms with E-state index in [9.17, 15) is 0 Å². The lowest BCUT2D eigenvalue weighted by atomic mass is 9.94. The second-order valence-corrected chi connectivity index (χ2v) is 4.83. The highest BCUT2D eigenvalue weighted by Gasteiger charge is 2.18. The van der Waals surface area contributed by atoms with Crippen LogP contribution in [0.5, 0.6) is 0 Å². The van der Waals surface area contributed by atoms with Gasteiger partial charge in [0.05, 0.1) is 5.69 Å². The molecular formula is C15H18N4. The maximum absolute atomic E-state index is 4.32. The molecule has 19 heavy (non-hydrogen) atoms. The van der Waals surface area contributed by atoms with Crippen molar-refractivity contribution in [1.29, 1.82) is 0 Å². The molecule has 0 amide bonds. The predicted octanol–water partition coefficient (Wildman–Crippen LogP) is 2.08. The molecule has 1 atom stereocenters. The molecular weight excluding hydrogens is 236 g/mol. The highest BCUT2D eigenvalue weighted by Crippen LogP contribution is 2.22. The Kier molecular flexibility index (Phi) is 3.42. The van der Waals surface area contributed by atoms with E-state index >= 15 is 0 Å². The average molecular weight is 254 g/mol. The van der Waals surface area contributed by atoms with Gasteiger partial charge in [-0.3, -0.25) is 4.98 Å². The Morgan fingerprint density at radius 3 is 3.00 bits per heavy atom. The summed E-state index contributed by atoms with van der Waals surface area (Å²) in [6, 6.07) is 8.98. The van der Waals surface area contributed by atoms with Gasteiger partial charge in [-0.25, -0.2) is 4.98 Å². The topological polar surface area (TPSA) is 49.8 Å². The third-order valence-electron chi connectivity index (χ3n) is 3.57. The Bertz CT molecular complexity index is 568. The van der Waals surface area contributed by atoms with E-state index < -0.39 is 0 Å². The van der Waals surface area contributed by atoms with E-state index in [0.717, 1.165) is 31.0 Å². The van der Waals surface area contributed by atoms with Crippen LogP contribution in [0, 0.1) is 6.92 Å². The highest BCUT2D eigenvalue weighted by atomic mass is 15.1. The molecule has 1 aliphatic heterocycles. The summed E-state index contributed by atoms with van der Waals surface area (Å²) in [5.74, 6) is 0.868. The summed E-state index contributed by atoms with van der Waals surface area (Å²) in [5, 5.41) is 6.94. The molecule has 1 aliphatic rings. The zero-order chi connectivity index (χ0) is 13.1. The molecule has 2 heterocycles. The number of nitrogens with one attached hydrogen (secondary N) is 2. The molecule has 0 radical (unpaired) electrons. The number of aryl methyl sites for hydroxylation is 1. The number of rotatable bonds is 3. The molecule has 4 nitrogen and oxygen atoms in total. The minimum Gasteiger partial charge on any atom is -0.367 e. The first-order valence-corrected chi connectivity index (χ1v) is 6.67. The van der Waals surface area contributed by atoms with Crippen molar-refractivity contribution in [3.63, 3.8) is 0 Å². The molecule has 0 saturated carbocycles. The van der Waals surface area contributed by atoms with Gasteiger partial charge < -0.3 is 10.6 Å². The Labute approximate surface area is 113 Å². The van der Waals surface area contributed by atoms with Gasteiger partial charge in [0.25, 0.3) is 0 Å². The zero-order valence-corrected chi connectivity index (χ0v) is 11.1. The normalized spacial score (nSPS) is 17.8. The van der Waals surface area contributed by atoms with E-state index in [-0.39, 0.29) is 0 Å². The lowest BCUT2D eigenvalue weighted by Gasteiger charge is -2.27. The average Bonchev–Trinajstić information content (AvgIpc) is 2.46. The molecule has 1 aromatic carbocycles. The van der Waals surface area contributed by atoms with E-state index in [4.69, 9.17) is 0 Å². The van der Waals surface area contributed by atoms with Crippen LogP contribution in [0.2, 0.25) is 0 Å². The van der Waals surface area contributed by atoms with Gasteiger partial charge in [-0.1, -0.05) is 24.3 Å². The molecule has 1 aromatic heterocycles. The number of nitrogens with zero attached hydrogens (tertiary/aromatic N) is 2. The van der Waals surface area contributed by atoms with Crippen molar-refractivity contribution in [3.05, 3.63) is 53.5 Å². The van der Waals surface area contributed by atoms with Crippen LogP contribution < -0.4 is 10.6 Å². The largest absolute Gasteiger partial charge is 0.367 e. The predicted molar refractivity (Wildman–Crippen MR) is 76.1 cm³/mol. The Balaban J connectivity index is 1.73. The quantitative estimate of drug-likeness (QED) is 0.880. The minimum atomic E-state index is 0.339. The van der Waals surface area contributed by atoms with Gasteiger partial charge in [0.2, 0.25) is 0 Å². The first-order chi connectivity index (χ1) is 9.34. The molecule has 0 bridgehead atoms. The van der Waals surface area contributed by atoms with E-state index in [0.29, 0.717) is 6.04 Å². The van der Waals surface area contributed by atoms with Crippen LogP contribution in [0.3, 0.4) is 0 Å². The van der Waals surface area contributed by atoms with Crippen molar-refractivity contribution < 1.29 is 0 Å². The van der Waals surface area contributed by atoms with Gasteiger partial charge in [-0.2, -0.15) is 0 Å². The molecule has 98 valence electrons. The summed E-state index contributed by atoms with van der Waals surface area (Å²) in [6.07, 6.45) is 4.54. The Morgan fingerprint density at radius 2 is 2.11 bits per heavy atom. The zero-order valence-electron chi connectivity index (χ0n) is 11.1. The van der Waals surface area contributed by atoms with E-state index in [1.165, 1.54) is 11.1 Å². The number of fused-ring (bicyclic) bond motifs is 1. The van der Waals surface area contributed by atoms with E-state index in [1.807, 2.05) is 6.92 Å². The van der Waals surface area contributed by atoms with Gasteiger partial charge in [-0.15, -0.1) is 0 Å². The SMILES string of the molecule is Cc1nccnc1NCC1NCCc2ccccc21. The van der Waals surface area contributed by atoms with Crippen molar-refractivity contribution in [2.75, 3.05) is 18.4 Å². The molecule has 0 saturated heterocycles. The summed E-state index contributed by atoms with van der Waals surface area (Å²) in [4.78, 5) is 8.56. The molecule has 0 spiro atoms. The van der Waals surface area contributed by atoms with Gasteiger partial charge >= 0.3 is 0 Å². The maximum atomic E-state index is 4.32. The van der Waals surface area contributed by atoms with Crippen LogP contribution in [0.25, 0.3) is 0 Å². The summed E-state index contributed by atoms with van der Waals surface area (Å²) >= 11 is 0. The lowest BCUT2D eigenvalue weighted by Crippen LogP contribution is -2.34.